The largest absolute Gasteiger partial charge is 0.250 e. The van der Waals surface area contributed by atoms with E-state index in [-0.39, 0.29) is 0 Å². The number of aromatic nitrogens is 2. The molecule has 1 heterocycles. The second kappa shape index (κ2) is 6.93. The molecular formula is C13H20N2. The fourth-order valence-electron chi connectivity index (χ4n) is 1.07. The molecule has 0 bridgehead atoms. The van der Waals surface area contributed by atoms with Crippen LogP contribution in [0.3, 0.4) is 0 Å². The van der Waals surface area contributed by atoms with Crippen molar-refractivity contribution >= 4 is 12.2 Å². The van der Waals surface area contributed by atoms with Gasteiger partial charge >= 0.3 is 0 Å². The minimum Gasteiger partial charge on any atom is -0.250 e. The monoisotopic (exact) mass is 204 g/mol. The van der Waals surface area contributed by atoms with E-state index >= 15 is 0 Å². The van der Waals surface area contributed by atoms with Gasteiger partial charge in [-0.25, -0.2) is 9.97 Å². The lowest BCUT2D eigenvalue weighted by Gasteiger charge is -2.03. The van der Waals surface area contributed by atoms with Gasteiger partial charge in [0.15, 0.2) is 0 Å². The zero-order chi connectivity index (χ0) is 11.8. The van der Waals surface area contributed by atoms with Crippen molar-refractivity contribution < 1.29 is 0 Å². The molecule has 0 radical (unpaired) electrons. The minimum absolute atomic E-state index is 0.848. The highest BCUT2D eigenvalue weighted by Crippen LogP contribution is 2.10. The summed E-state index contributed by atoms with van der Waals surface area (Å²) in [5.74, 6) is 0. The van der Waals surface area contributed by atoms with Crippen molar-refractivity contribution in [3.63, 3.8) is 0 Å². The van der Waals surface area contributed by atoms with Crippen molar-refractivity contribution in [1.29, 1.82) is 0 Å². The van der Waals surface area contributed by atoms with Gasteiger partial charge in [-0.1, -0.05) is 26.5 Å². The summed E-state index contributed by atoms with van der Waals surface area (Å²) in [5.41, 5.74) is 3.67. The molecule has 0 fully saturated rings. The molecule has 0 aliphatic carbocycles. The number of rotatable bonds is 2. The number of hydrogen-bond acceptors (Lipinski definition) is 2. The summed E-state index contributed by atoms with van der Waals surface area (Å²) in [5, 5.41) is 0. The Hall–Kier alpha value is -1.44. The third-order valence-electron chi connectivity index (χ3n) is 1.88. The Labute approximate surface area is 92.8 Å². The average molecular weight is 204 g/mol. The van der Waals surface area contributed by atoms with Crippen molar-refractivity contribution in [2.75, 3.05) is 0 Å². The first-order valence-electron chi connectivity index (χ1n) is 5.29. The topological polar surface area (TPSA) is 25.8 Å². The highest BCUT2D eigenvalue weighted by Gasteiger charge is 2.02. The Bertz CT molecular complexity index is 352. The highest BCUT2D eigenvalue weighted by molar-refractivity contribution is 5.58. The van der Waals surface area contributed by atoms with Gasteiger partial charge in [-0.2, -0.15) is 0 Å². The van der Waals surface area contributed by atoms with E-state index < -0.39 is 0 Å². The van der Waals surface area contributed by atoms with Crippen LogP contribution >= 0.6 is 0 Å². The van der Waals surface area contributed by atoms with Gasteiger partial charge in [-0.15, -0.1) is 0 Å². The first-order valence-corrected chi connectivity index (χ1v) is 5.29. The van der Waals surface area contributed by atoms with Crippen LogP contribution in [0, 0.1) is 13.8 Å². The van der Waals surface area contributed by atoms with Crippen LogP contribution < -0.4 is 0 Å². The van der Waals surface area contributed by atoms with Crippen LogP contribution in [0.4, 0.5) is 0 Å². The maximum Gasteiger partial charge on any atom is 0.0886 e. The Kier molecular flexibility index (Phi) is 6.27. The first-order chi connectivity index (χ1) is 7.19. The standard InChI is InChI=1S/C11H14N2.C2H6/c1-5-7-11-10(6-2)12-8(3)9(4)13-11;1-2/h5-7H,2H2,1,3-4H3;1-2H3/b7-5-;. The molecule has 2 heteroatoms. The molecule has 0 spiro atoms. The van der Waals surface area contributed by atoms with Gasteiger partial charge < -0.3 is 0 Å². The summed E-state index contributed by atoms with van der Waals surface area (Å²) in [4.78, 5) is 8.79. The smallest absolute Gasteiger partial charge is 0.0886 e. The van der Waals surface area contributed by atoms with Crippen LogP contribution in [-0.4, -0.2) is 9.97 Å². The van der Waals surface area contributed by atoms with E-state index in [0.717, 1.165) is 22.8 Å². The van der Waals surface area contributed by atoms with Crippen LogP contribution in [0.5, 0.6) is 0 Å². The number of aryl methyl sites for hydroxylation is 2. The zero-order valence-electron chi connectivity index (χ0n) is 10.3. The van der Waals surface area contributed by atoms with E-state index in [2.05, 4.69) is 16.5 Å². The average Bonchev–Trinajstić information content (AvgIpc) is 2.26. The summed E-state index contributed by atoms with van der Waals surface area (Å²) < 4.78 is 0. The molecule has 0 aromatic carbocycles. The van der Waals surface area contributed by atoms with E-state index in [9.17, 15) is 0 Å². The Balaban J connectivity index is 0.000000921. The van der Waals surface area contributed by atoms with Crippen LogP contribution in [-0.2, 0) is 0 Å². The lowest BCUT2D eigenvalue weighted by atomic mass is 10.2. The molecule has 0 aliphatic rings. The van der Waals surface area contributed by atoms with Gasteiger partial charge in [0.2, 0.25) is 0 Å². The maximum absolute atomic E-state index is 4.41. The predicted molar refractivity (Wildman–Crippen MR) is 67.7 cm³/mol. The fraction of sp³-hybridized carbons (Fsp3) is 0.385. The summed E-state index contributed by atoms with van der Waals surface area (Å²) in [6, 6.07) is 0. The zero-order valence-corrected chi connectivity index (χ0v) is 10.3. The first kappa shape index (κ1) is 13.6. The number of nitrogens with zero attached hydrogens (tertiary/aromatic N) is 2. The molecular weight excluding hydrogens is 184 g/mol. The molecule has 1 aromatic rings. The molecule has 0 atom stereocenters. The second-order valence-corrected chi connectivity index (χ2v) is 2.87. The molecule has 2 nitrogen and oxygen atoms in total. The predicted octanol–water partition coefficient (Wildman–Crippen LogP) is 3.80. The van der Waals surface area contributed by atoms with Crippen LogP contribution in [0.2, 0.25) is 0 Å². The fourth-order valence-corrected chi connectivity index (χ4v) is 1.07. The van der Waals surface area contributed by atoms with Crippen LogP contribution in [0.25, 0.3) is 12.2 Å². The van der Waals surface area contributed by atoms with Gasteiger partial charge in [0.1, 0.15) is 0 Å². The molecule has 15 heavy (non-hydrogen) atoms. The van der Waals surface area contributed by atoms with Crippen molar-refractivity contribution in [2.45, 2.75) is 34.6 Å². The summed E-state index contributed by atoms with van der Waals surface area (Å²) in [6.45, 7) is 13.6. The summed E-state index contributed by atoms with van der Waals surface area (Å²) >= 11 is 0. The molecule has 0 saturated carbocycles. The van der Waals surface area contributed by atoms with Gasteiger partial charge in [0.05, 0.1) is 22.8 Å². The van der Waals surface area contributed by atoms with E-state index in [1.807, 2.05) is 46.8 Å². The minimum atomic E-state index is 0.848. The molecule has 0 saturated heterocycles. The molecule has 1 rings (SSSR count). The number of hydrogen-bond donors (Lipinski definition) is 0. The van der Waals surface area contributed by atoms with E-state index in [4.69, 9.17) is 0 Å². The van der Waals surface area contributed by atoms with E-state index in [1.165, 1.54) is 0 Å². The van der Waals surface area contributed by atoms with Crippen LogP contribution in [0.15, 0.2) is 12.7 Å². The van der Waals surface area contributed by atoms with Crippen molar-refractivity contribution in [1.82, 2.24) is 9.97 Å². The molecule has 0 aliphatic heterocycles. The molecule has 0 amide bonds. The maximum atomic E-state index is 4.41. The SMILES string of the molecule is C=Cc1nc(C)c(C)nc1/C=C\C.CC. The van der Waals surface area contributed by atoms with Crippen LogP contribution in [0.1, 0.15) is 43.5 Å². The Morgan fingerprint density at radius 2 is 1.47 bits per heavy atom. The Morgan fingerprint density at radius 3 is 1.87 bits per heavy atom. The van der Waals surface area contributed by atoms with Gasteiger partial charge in [-0.3, -0.25) is 0 Å². The van der Waals surface area contributed by atoms with E-state index in [0.29, 0.717) is 0 Å². The molecule has 1 aromatic heterocycles. The lowest BCUT2D eigenvalue weighted by molar-refractivity contribution is 1.02. The third-order valence-corrected chi connectivity index (χ3v) is 1.88. The Morgan fingerprint density at radius 1 is 1.00 bits per heavy atom. The molecule has 0 unspecified atom stereocenters. The summed E-state index contributed by atoms with van der Waals surface area (Å²) in [6.07, 6.45) is 5.62. The number of allylic oxidation sites excluding steroid dienone is 1. The molecule has 82 valence electrons. The highest BCUT2D eigenvalue weighted by atomic mass is 14.8. The van der Waals surface area contributed by atoms with Crippen molar-refractivity contribution in [2.24, 2.45) is 0 Å². The van der Waals surface area contributed by atoms with Gasteiger partial charge in [-0.05, 0) is 32.9 Å². The summed E-state index contributed by atoms with van der Waals surface area (Å²) in [7, 11) is 0. The normalized spacial score (nSPS) is 9.67. The third kappa shape index (κ3) is 3.66. The van der Waals surface area contributed by atoms with Crippen molar-refractivity contribution in [3.05, 3.63) is 35.4 Å². The van der Waals surface area contributed by atoms with E-state index in [1.54, 1.807) is 6.08 Å². The van der Waals surface area contributed by atoms with Crippen molar-refractivity contribution in [3.8, 4) is 0 Å². The van der Waals surface area contributed by atoms with Gasteiger partial charge in [0, 0.05) is 0 Å². The van der Waals surface area contributed by atoms with Gasteiger partial charge in [0.25, 0.3) is 0 Å². The molecule has 0 N–H and O–H groups in total. The lowest BCUT2D eigenvalue weighted by Crippen LogP contribution is -1.98. The quantitative estimate of drug-likeness (QED) is 0.732. The second-order valence-electron chi connectivity index (χ2n) is 2.87.